The SMILES string of the molecule is COc1ccc(NC(=O)c2cc(S(=O)(=O)N(C)C)ccc2Cl)cn1. The van der Waals surface area contributed by atoms with Gasteiger partial charge in [0.05, 0.1) is 34.5 Å². The Morgan fingerprint density at radius 1 is 1.25 bits per heavy atom. The highest BCUT2D eigenvalue weighted by molar-refractivity contribution is 7.89. The lowest BCUT2D eigenvalue weighted by Crippen LogP contribution is -2.23. The van der Waals surface area contributed by atoms with Gasteiger partial charge in [0.1, 0.15) is 0 Å². The summed E-state index contributed by atoms with van der Waals surface area (Å²) in [6.45, 7) is 0. The van der Waals surface area contributed by atoms with E-state index in [-0.39, 0.29) is 15.5 Å². The molecule has 7 nitrogen and oxygen atoms in total. The fraction of sp³-hybridized carbons (Fsp3) is 0.200. The van der Waals surface area contributed by atoms with Gasteiger partial charge in [-0.15, -0.1) is 0 Å². The first-order chi connectivity index (χ1) is 11.3. The van der Waals surface area contributed by atoms with Crippen LogP contribution >= 0.6 is 11.6 Å². The predicted molar refractivity (Wildman–Crippen MR) is 91.1 cm³/mol. The third kappa shape index (κ3) is 3.84. The minimum atomic E-state index is -3.67. The topological polar surface area (TPSA) is 88.6 Å². The monoisotopic (exact) mass is 369 g/mol. The van der Waals surface area contributed by atoms with E-state index >= 15 is 0 Å². The van der Waals surface area contributed by atoms with Gasteiger partial charge in [-0.05, 0) is 24.3 Å². The zero-order chi connectivity index (χ0) is 17.9. The molecule has 1 amide bonds. The standard InChI is InChI=1S/C15H16ClN3O4S/c1-19(2)24(21,22)11-5-6-13(16)12(8-11)15(20)18-10-4-7-14(23-3)17-9-10/h4-9H,1-3H3,(H,18,20). The van der Waals surface area contributed by atoms with Gasteiger partial charge in [0.25, 0.3) is 5.91 Å². The first-order valence-corrected chi connectivity index (χ1v) is 8.61. The molecule has 0 bridgehead atoms. The van der Waals surface area contributed by atoms with Crippen molar-refractivity contribution in [2.45, 2.75) is 4.90 Å². The van der Waals surface area contributed by atoms with Crippen LogP contribution in [0.15, 0.2) is 41.4 Å². The van der Waals surface area contributed by atoms with Crippen molar-refractivity contribution in [3.63, 3.8) is 0 Å². The molecule has 1 aromatic heterocycles. The van der Waals surface area contributed by atoms with Gasteiger partial charge < -0.3 is 10.1 Å². The quantitative estimate of drug-likeness (QED) is 0.873. The van der Waals surface area contributed by atoms with Gasteiger partial charge in [0, 0.05) is 20.2 Å². The maximum absolute atomic E-state index is 12.4. The van der Waals surface area contributed by atoms with E-state index < -0.39 is 15.9 Å². The number of carbonyl (C=O) groups is 1. The van der Waals surface area contributed by atoms with Crippen molar-refractivity contribution in [2.75, 3.05) is 26.5 Å². The molecule has 0 aliphatic heterocycles. The number of anilines is 1. The van der Waals surface area contributed by atoms with E-state index in [1.807, 2.05) is 0 Å². The molecule has 1 N–H and O–H groups in total. The van der Waals surface area contributed by atoms with E-state index in [0.29, 0.717) is 11.6 Å². The molecule has 1 aromatic carbocycles. The van der Waals surface area contributed by atoms with E-state index in [1.165, 1.54) is 45.6 Å². The lowest BCUT2D eigenvalue weighted by Gasteiger charge is -2.13. The van der Waals surface area contributed by atoms with Crippen LogP contribution in [0.4, 0.5) is 5.69 Å². The number of sulfonamides is 1. The second-order valence-electron chi connectivity index (χ2n) is 4.97. The molecule has 0 saturated heterocycles. The normalized spacial score (nSPS) is 11.4. The van der Waals surface area contributed by atoms with Crippen molar-refractivity contribution >= 4 is 33.2 Å². The molecule has 0 unspecified atom stereocenters. The average Bonchev–Trinajstić information content (AvgIpc) is 2.55. The highest BCUT2D eigenvalue weighted by Crippen LogP contribution is 2.23. The molecule has 0 fully saturated rings. The van der Waals surface area contributed by atoms with Crippen LogP contribution in [0, 0.1) is 0 Å². The summed E-state index contributed by atoms with van der Waals surface area (Å²) in [5.41, 5.74) is 0.480. The van der Waals surface area contributed by atoms with Crippen molar-refractivity contribution < 1.29 is 17.9 Å². The fourth-order valence-electron chi connectivity index (χ4n) is 1.82. The first kappa shape index (κ1) is 18.2. The Morgan fingerprint density at radius 2 is 1.96 bits per heavy atom. The minimum absolute atomic E-state index is 0.0186. The number of hydrogen-bond acceptors (Lipinski definition) is 5. The summed E-state index contributed by atoms with van der Waals surface area (Å²) < 4.78 is 30.3. The van der Waals surface area contributed by atoms with Crippen molar-refractivity contribution in [1.82, 2.24) is 9.29 Å². The zero-order valence-corrected chi connectivity index (χ0v) is 14.9. The highest BCUT2D eigenvalue weighted by atomic mass is 35.5. The number of rotatable bonds is 5. The number of aromatic nitrogens is 1. The van der Waals surface area contributed by atoms with Crippen molar-refractivity contribution in [2.24, 2.45) is 0 Å². The van der Waals surface area contributed by atoms with Crippen LogP contribution in [0.1, 0.15) is 10.4 Å². The Labute approximate surface area is 145 Å². The van der Waals surface area contributed by atoms with Gasteiger partial charge in [0.15, 0.2) is 0 Å². The summed E-state index contributed by atoms with van der Waals surface area (Å²) in [6, 6.07) is 7.16. The molecule has 24 heavy (non-hydrogen) atoms. The van der Waals surface area contributed by atoms with Crippen molar-refractivity contribution in [3.05, 3.63) is 47.1 Å². The molecular formula is C15H16ClN3O4S. The van der Waals surface area contributed by atoms with Crippen molar-refractivity contribution in [3.8, 4) is 5.88 Å². The third-order valence-corrected chi connectivity index (χ3v) is 5.31. The fourth-order valence-corrected chi connectivity index (χ4v) is 2.95. The highest BCUT2D eigenvalue weighted by Gasteiger charge is 2.20. The molecule has 9 heteroatoms. The summed E-state index contributed by atoms with van der Waals surface area (Å²) in [5.74, 6) is -0.132. The second kappa shape index (κ2) is 7.16. The van der Waals surface area contributed by atoms with Gasteiger partial charge in [-0.1, -0.05) is 11.6 Å². The molecule has 2 rings (SSSR count). The number of pyridine rings is 1. The van der Waals surface area contributed by atoms with E-state index in [1.54, 1.807) is 12.1 Å². The number of benzene rings is 1. The molecule has 1 heterocycles. The molecular weight excluding hydrogens is 354 g/mol. The Hall–Kier alpha value is -2.16. The number of halogens is 1. The maximum atomic E-state index is 12.4. The van der Waals surface area contributed by atoms with E-state index in [4.69, 9.17) is 16.3 Å². The molecule has 0 radical (unpaired) electrons. The lowest BCUT2D eigenvalue weighted by molar-refractivity contribution is 0.102. The van der Waals surface area contributed by atoms with Gasteiger partial charge in [-0.2, -0.15) is 0 Å². The average molecular weight is 370 g/mol. The largest absolute Gasteiger partial charge is 0.481 e. The molecule has 128 valence electrons. The van der Waals surface area contributed by atoms with Gasteiger partial charge in [0.2, 0.25) is 15.9 Å². The second-order valence-corrected chi connectivity index (χ2v) is 7.53. The molecule has 0 aliphatic carbocycles. The number of hydrogen-bond donors (Lipinski definition) is 1. The molecule has 0 saturated carbocycles. The van der Waals surface area contributed by atoms with Gasteiger partial charge in [-0.3, -0.25) is 4.79 Å². The van der Waals surface area contributed by atoms with E-state index in [9.17, 15) is 13.2 Å². The van der Waals surface area contributed by atoms with E-state index in [2.05, 4.69) is 10.3 Å². The molecule has 2 aromatic rings. The summed E-state index contributed by atoms with van der Waals surface area (Å²) >= 11 is 6.03. The van der Waals surface area contributed by atoms with Gasteiger partial charge >= 0.3 is 0 Å². The van der Waals surface area contributed by atoms with Crippen LogP contribution in [0.3, 0.4) is 0 Å². The maximum Gasteiger partial charge on any atom is 0.257 e. The van der Waals surface area contributed by atoms with Gasteiger partial charge in [-0.25, -0.2) is 17.7 Å². The number of ether oxygens (including phenoxy) is 1. The lowest BCUT2D eigenvalue weighted by atomic mass is 10.2. The Kier molecular flexibility index (Phi) is 5.43. The first-order valence-electron chi connectivity index (χ1n) is 6.79. The zero-order valence-electron chi connectivity index (χ0n) is 13.3. The predicted octanol–water partition coefficient (Wildman–Crippen LogP) is 2.25. The minimum Gasteiger partial charge on any atom is -0.481 e. The smallest absolute Gasteiger partial charge is 0.257 e. The van der Waals surface area contributed by atoms with Crippen LogP contribution in [0.2, 0.25) is 5.02 Å². The summed E-state index contributed by atoms with van der Waals surface area (Å²) in [7, 11) is 0.636. The Morgan fingerprint density at radius 3 is 2.50 bits per heavy atom. The number of nitrogens with zero attached hydrogens (tertiary/aromatic N) is 2. The van der Waals surface area contributed by atoms with E-state index in [0.717, 1.165) is 4.31 Å². The Bertz CT molecular complexity index is 852. The molecule has 0 spiro atoms. The Balaban J connectivity index is 2.31. The summed E-state index contributed by atoms with van der Waals surface area (Å²) in [4.78, 5) is 16.3. The summed E-state index contributed by atoms with van der Waals surface area (Å²) in [6.07, 6.45) is 1.42. The van der Waals surface area contributed by atoms with Crippen molar-refractivity contribution in [1.29, 1.82) is 0 Å². The van der Waals surface area contributed by atoms with Crippen LogP contribution in [0.25, 0.3) is 0 Å². The third-order valence-electron chi connectivity index (χ3n) is 3.16. The molecule has 0 aliphatic rings. The number of amides is 1. The number of carbonyl (C=O) groups excluding carboxylic acids is 1. The van der Waals surface area contributed by atoms with Crippen LogP contribution in [-0.4, -0.2) is 44.8 Å². The van der Waals surface area contributed by atoms with Crippen LogP contribution < -0.4 is 10.1 Å². The van der Waals surface area contributed by atoms with Crippen LogP contribution in [-0.2, 0) is 10.0 Å². The number of nitrogens with one attached hydrogen (secondary N) is 1. The van der Waals surface area contributed by atoms with Crippen LogP contribution in [0.5, 0.6) is 5.88 Å². The number of methoxy groups -OCH3 is 1. The molecule has 0 atom stereocenters. The summed E-state index contributed by atoms with van der Waals surface area (Å²) in [5, 5.41) is 2.75.